The molecule has 1 aromatic rings. The first kappa shape index (κ1) is 14.7. The van der Waals surface area contributed by atoms with Crippen LogP contribution in [0.1, 0.15) is 12.0 Å². The molecule has 0 saturated heterocycles. The molecule has 1 atom stereocenters. The van der Waals surface area contributed by atoms with Crippen molar-refractivity contribution in [3.05, 3.63) is 34.3 Å². The molecule has 1 unspecified atom stereocenters. The molecule has 0 saturated carbocycles. The van der Waals surface area contributed by atoms with E-state index in [1.165, 1.54) is 0 Å². The summed E-state index contributed by atoms with van der Waals surface area (Å²) in [6, 6.07) is 6.63. The van der Waals surface area contributed by atoms with Gasteiger partial charge in [-0.15, -0.1) is 0 Å². The van der Waals surface area contributed by atoms with E-state index in [9.17, 15) is 9.59 Å². The monoisotopic (exact) mass is 314 g/mol. The highest BCUT2D eigenvalue weighted by Gasteiger charge is 2.15. The van der Waals surface area contributed by atoms with Gasteiger partial charge in [0, 0.05) is 11.0 Å². The Kier molecular flexibility index (Phi) is 5.80. The number of aliphatic carboxylic acids is 1. The number of rotatable bonds is 6. The van der Waals surface area contributed by atoms with Gasteiger partial charge < -0.3 is 16.2 Å². The Morgan fingerprint density at radius 3 is 2.78 bits per heavy atom. The summed E-state index contributed by atoms with van der Waals surface area (Å²) in [5.74, 6) is -1.52. The van der Waals surface area contributed by atoms with Gasteiger partial charge >= 0.3 is 5.97 Å². The first-order valence-electron chi connectivity index (χ1n) is 5.48. The fourth-order valence-electron chi connectivity index (χ4n) is 1.40. The summed E-state index contributed by atoms with van der Waals surface area (Å²) in [6.07, 6.45) is 0.487. The number of hydrogen-bond donors (Lipinski definition) is 3. The number of benzene rings is 1. The van der Waals surface area contributed by atoms with Crippen LogP contribution < -0.4 is 11.1 Å². The van der Waals surface area contributed by atoms with Gasteiger partial charge in [0.1, 0.15) is 6.04 Å². The Hall–Kier alpha value is -1.40. The van der Waals surface area contributed by atoms with Gasteiger partial charge in [0.2, 0.25) is 5.91 Å². The molecule has 0 aliphatic rings. The minimum atomic E-state index is -1.17. The molecule has 0 heterocycles. The lowest BCUT2D eigenvalue weighted by Gasteiger charge is -2.08. The summed E-state index contributed by atoms with van der Waals surface area (Å²) < 4.78 is 0.985. The zero-order valence-corrected chi connectivity index (χ0v) is 11.3. The second kappa shape index (κ2) is 7.13. The highest BCUT2D eigenvalue weighted by Crippen LogP contribution is 2.11. The van der Waals surface area contributed by atoms with Crippen LogP contribution in [0.15, 0.2) is 28.7 Å². The van der Waals surface area contributed by atoms with Crippen molar-refractivity contribution in [2.45, 2.75) is 18.9 Å². The lowest BCUT2D eigenvalue weighted by Crippen LogP contribution is -2.37. The Morgan fingerprint density at radius 1 is 1.44 bits per heavy atom. The van der Waals surface area contributed by atoms with Crippen molar-refractivity contribution in [3.63, 3.8) is 0 Å². The second-order valence-corrected chi connectivity index (χ2v) is 4.79. The molecule has 5 nitrogen and oxygen atoms in total. The van der Waals surface area contributed by atoms with Crippen molar-refractivity contribution < 1.29 is 14.7 Å². The third kappa shape index (κ3) is 5.29. The fourth-order valence-corrected chi connectivity index (χ4v) is 1.84. The quantitative estimate of drug-likeness (QED) is 0.727. The van der Waals surface area contributed by atoms with Crippen LogP contribution in [0.5, 0.6) is 0 Å². The van der Waals surface area contributed by atoms with Gasteiger partial charge in [0.05, 0.1) is 6.42 Å². The van der Waals surface area contributed by atoms with Gasteiger partial charge in [-0.25, -0.2) is 0 Å². The fraction of sp³-hybridized carbons (Fsp3) is 0.333. The molecule has 0 spiro atoms. The number of carboxylic acids is 1. The van der Waals surface area contributed by atoms with E-state index in [-0.39, 0.29) is 12.3 Å². The predicted octanol–water partition coefficient (Wildman–Crippen LogP) is 0.910. The average Bonchev–Trinajstić information content (AvgIpc) is 2.28. The minimum Gasteiger partial charge on any atom is -0.480 e. The molecule has 0 radical (unpaired) electrons. The maximum absolute atomic E-state index is 11.4. The zero-order chi connectivity index (χ0) is 13.5. The number of nitrogens with one attached hydrogen (secondary N) is 1. The van der Waals surface area contributed by atoms with E-state index >= 15 is 0 Å². The van der Waals surface area contributed by atoms with Gasteiger partial charge in [0.25, 0.3) is 0 Å². The number of hydrogen-bond acceptors (Lipinski definition) is 3. The summed E-state index contributed by atoms with van der Waals surface area (Å²) in [5.41, 5.74) is 6.34. The summed E-state index contributed by atoms with van der Waals surface area (Å²) in [4.78, 5) is 21.8. The number of halogens is 1. The van der Waals surface area contributed by atoms with Crippen molar-refractivity contribution in [1.29, 1.82) is 0 Å². The molecule has 0 aliphatic heterocycles. The van der Waals surface area contributed by atoms with Gasteiger partial charge in [-0.1, -0.05) is 28.1 Å². The van der Waals surface area contributed by atoms with Gasteiger partial charge in [-0.2, -0.15) is 0 Å². The van der Waals surface area contributed by atoms with Gasteiger partial charge in [-0.3, -0.25) is 9.59 Å². The SMILES string of the molecule is NC(CC(=O)NCCc1cccc(Br)c1)C(=O)O. The molecule has 4 N–H and O–H groups in total. The van der Waals surface area contributed by atoms with Crippen molar-refractivity contribution in [3.8, 4) is 0 Å². The van der Waals surface area contributed by atoms with E-state index < -0.39 is 12.0 Å². The number of nitrogens with two attached hydrogens (primary N) is 1. The smallest absolute Gasteiger partial charge is 0.321 e. The van der Waals surface area contributed by atoms with E-state index in [0.29, 0.717) is 13.0 Å². The average molecular weight is 315 g/mol. The Balaban J connectivity index is 2.29. The van der Waals surface area contributed by atoms with E-state index in [1.54, 1.807) is 0 Å². The first-order chi connectivity index (χ1) is 8.49. The molecule has 0 fully saturated rings. The lowest BCUT2D eigenvalue weighted by atomic mass is 10.1. The first-order valence-corrected chi connectivity index (χ1v) is 6.28. The van der Waals surface area contributed by atoms with Gasteiger partial charge in [0.15, 0.2) is 0 Å². The molecular weight excluding hydrogens is 300 g/mol. The summed E-state index contributed by atoms with van der Waals surface area (Å²) >= 11 is 3.36. The van der Waals surface area contributed by atoms with Crippen LogP contribution in [0.25, 0.3) is 0 Å². The number of carboxylic acid groups (broad SMARTS) is 1. The van der Waals surface area contributed by atoms with Crippen LogP contribution in [0.3, 0.4) is 0 Å². The van der Waals surface area contributed by atoms with Gasteiger partial charge in [-0.05, 0) is 24.1 Å². The third-order valence-electron chi connectivity index (χ3n) is 2.35. The summed E-state index contributed by atoms with van der Waals surface area (Å²) in [6.45, 7) is 0.460. The summed E-state index contributed by atoms with van der Waals surface area (Å²) in [5, 5.41) is 11.2. The Morgan fingerprint density at radius 2 is 2.17 bits per heavy atom. The molecule has 6 heteroatoms. The minimum absolute atomic E-state index is 0.201. The second-order valence-electron chi connectivity index (χ2n) is 3.88. The number of amides is 1. The maximum atomic E-state index is 11.4. The maximum Gasteiger partial charge on any atom is 0.321 e. The topological polar surface area (TPSA) is 92.4 Å². The molecule has 0 aliphatic carbocycles. The van der Waals surface area contributed by atoms with Crippen LogP contribution in [0.4, 0.5) is 0 Å². The van der Waals surface area contributed by atoms with E-state index in [4.69, 9.17) is 10.8 Å². The molecule has 98 valence electrons. The Bertz CT molecular complexity index is 437. The van der Waals surface area contributed by atoms with E-state index in [1.807, 2.05) is 24.3 Å². The van der Waals surface area contributed by atoms with E-state index in [0.717, 1.165) is 10.0 Å². The number of carbonyl (C=O) groups is 2. The lowest BCUT2D eigenvalue weighted by molar-refractivity contribution is -0.140. The third-order valence-corrected chi connectivity index (χ3v) is 2.84. The van der Waals surface area contributed by atoms with Crippen molar-refractivity contribution >= 4 is 27.8 Å². The highest BCUT2D eigenvalue weighted by molar-refractivity contribution is 9.10. The predicted molar refractivity (Wildman–Crippen MR) is 71.1 cm³/mol. The molecule has 0 bridgehead atoms. The molecule has 1 rings (SSSR count). The van der Waals surface area contributed by atoms with Crippen molar-refractivity contribution in [1.82, 2.24) is 5.32 Å². The standard InChI is InChI=1S/C12H15BrN2O3/c13-9-3-1-2-8(6-9)4-5-15-11(16)7-10(14)12(17)18/h1-3,6,10H,4-5,7,14H2,(H,15,16)(H,17,18). The molecule has 18 heavy (non-hydrogen) atoms. The largest absolute Gasteiger partial charge is 0.480 e. The van der Waals surface area contributed by atoms with Crippen LogP contribution in [-0.2, 0) is 16.0 Å². The molecule has 1 aromatic carbocycles. The van der Waals surface area contributed by atoms with Crippen LogP contribution >= 0.6 is 15.9 Å². The Labute approximate surface area is 113 Å². The van der Waals surface area contributed by atoms with Crippen molar-refractivity contribution in [2.24, 2.45) is 5.73 Å². The molecule has 1 amide bonds. The van der Waals surface area contributed by atoms with E-state index in [2.05, 4.69) is 21.2 Å². The normalized spacial score (nSPS) is 11.9. The molecular formula is C12H15BrN2O3. The number of carbonyl (C=O) groups excluding carboxylic acids is 1. The molecule has 0 aromatic heterocycles. The van der Waals surface area contributed by atoms with Crippen LogP contribution in [-0.4, -0.2) is 29.6 Å². The van der Waals surface area contributed by atoms with Crippen LogP contribution in [0.2, 0.25) is 0 Å². The zero-order valence-electron chi connectivity index (χ0n) is 9.73. The highest BCUT2D eigenvalue weighted by atomic mass is 79.9. The van der Waals surface area contributed by atoms with Crippen molar-refractivity contribution in [2.75, 3.05) is 6.54 Å². The summed E-state index contributed by atoms with van der Waals surface area (Å²) in [7, 11) is 0. The van der Waals surface area contributed by atoms with Crippen LogP contribution in [0, 0.1) is 0 Å².